The average molecular weight is 298 g/mol. The highest BCUT2D eigenvalue weighted by molar-refractivity contribution is 6.04. The number of nitrogens with zero attached hydrogens (tertiary/aromatic N) is 2. The fourth-order valence-corrected chi connectivity index (χ4v) is 1.41. The van der Waals surface area contributed by atoms with E-state index in [4.69, 9.17) is 0 Å². The van der Waals surface area contributed by atoms with E-state index in [0.29, 0.717) is 0 Å². The van der Waals surface area contributed by atoms with Crippen LogP contribution in [0, 0.1) is 15.9 Å². The molecule has 6 nitrogen and oxygen atoms in total. The van der Waals surface area contributed by atoms with Crippen LogP contribution in [-0.2, 0) is 0 Å². The van der Waals surface area contributed by atoms with E-state index in [1.807, 2.05) is 0 Å². The number of hydrogen-bond acceptors (Lipinski definition) is 4. The molecule has 1 amide bonds. The second kappa shape index (κ2) is 6.58. The molecule has 104 valence electrons. The maximum Gasteiger partial charge on any atom is 0.272 e. The SMILES string of the molecule is Cl.O=C(Nc1ccc([N+](=O)[O-])cc1F)c1cccnc1. The number of nitro groups is 1. The second-order valence-corrected chi connectivity index (χ2v) is 3.62. The molecule has 0 saturated heterocycles. The molecule has 1 aromatic heterocycles. The summed E-state index contributed by atoms with van der Waals surface area (Å²) in [6.07, 6.45) is 2.84. The van der Waals surface area contributed by atoms with Gasteiger partial charge in [-0.25, -0.2) is 4.39 Å². The maximum atomic E-state index is 13.6. The van der Waals surface area contributed by atoms with Crippen LogP contribution in [0.4, 0.5) is 15.8 Å². The topological polar surface area (TPSA) is 85.1 Å². The van der Waals surface area contributed by atoms with Crippen molar-refractivity contribution in [1.82, 2.24) is 4.98 Å². The Morgan fingerprint density at radius 1 is 1.35 bits per heavy atom. The number of hydrogen-bond donors (Lipinski definition) is 1. The van der Waals surface area contributed by atoms with Gasteiger partial charge in [0, 0.05) is 18.5 Å². The van der Waals surface area contributed by atoms with Gasteiger partial charge in [0.1, 0.15) is 0 Å². The molecule has 0 unspecified atom stereocenters. The van der Waals surface area contributed by atoms with Gasteiger partial charge >= 0.3 is 0 Å². The van der Waals surface area contributed by atoms with Gasteiger partial charge in [0.2, 0.25) is 0 Å². The number of nitro benzene ring substituents is 1. The van der Waals surface area contributed by atoms with Crippen molar-refractivity contribution >= 4 is 29.7 Å². The minimum Gasteiger partial charge on any atom is -0.319 e. The van der Waals surface area contributed by atoms with Crippen molar-refractivity contribution in [2.24, 2.45) is 0 Å². The molecule has 1 aromatic carbocycles. The fraction of sp³-hybridized carbons (Fsp3) is 0. The maximum absolute atomic E-state index is 13.6. The molecule has 0 aliphatic rings. The van der Waals surface area contributed by atoms with Crippen LogP contribution in [0.2, 0.25) is 0 Å². The van der Waals surface area contributed by atoms with Crippen molar-refractivity contribution in [2.45, 2.75) is 0 Å². The second-order valence-electron chi connectivity index (χ2n) is 3.62. The molecule has 0 aliphatic heterocycles. The van der Waals surface area contributed by atoms with E-state index < -0.39 is 16.6 Å². The number of amides is 1. The number of rotatable bonds is 3. The van der Waals surface area contributed by atoms with E-state index in [2.05, 4.69) is 10.3 Å². The summed E-state index contributed by atoms with van der Waals surface area (Å²) in [7, 11) is 0. The third kappa shape index (κ3) is 3.48. The zero-order valence-corrected chi connectivity index (χ0v) is 10.8. The number of pyridine rings is 1. The Morgan fingerprint density at radius 3 is 2.65 bits per heavy atom. The van der Waals surface area contributed by atoms with E-state index in [9.17, 15) is 19.3 Å². The predicted molar refractivity (Wildman–Crippen MR) is 72.5 cm³/mol. The summed E-state index contributed by atoms with van der Waals surface area (Å²) < 4.78 is 13.6. The Morgan fingerprint density at radius 2 is 2.10 bits per heavy atom. The molecule has 1 heterocycles. The van der Waals surface area contributed by atoms with Crippen LogP contribution in [0.25, 0.3) is 0 Å². The lowest BCUT2D eigenvalue weighted by atomic mass is 10.2. The largest absolute Gasteiger partial charge is 0.319 e. The van der Waals surface area contributed by atoms with Crippen molar-refractivity contribution in [3.8, 4) is 0 Å². The van der Waals surface area contributed by atoms with Crippen LogP contribution in [0.3, 0.4) is 0 Å². The minimum absolute atomic E-state index is 0. The Balaban J connectivity index is 0.00000200. The number of aromatic nitrogens is 1. The van der Waals surface area contributed by atoms with E-state index in [-0.39, 0.29) is 29.3 Å². The fourth-order valence-electron chi connectivity index (χ4n) is 1.41. The molecule has 2 aromatic rings. The molecular formula is C12H9ClFN3O3. The van der Waals surface area contributed by atoms with E-state index in [1.54, 1.807) is 6.07 Å². The molecule has 0 aliphatic carbocycles. The first-order valence-corrected chi connectivity index (χ1v) is 5.23. The number of anilines is 1. The van der Waals surface area contributed by atoms with Crippen LogP contribution in [0.1, 0.15) is 10.4 Å². The molecule has 0 radical (unpaired) electrons. The lowest BCUT2D eigenvalue weighted by Gasteiger charge is -2.05. The standard InChI is InChI=1S/C12H8FN3O3.ClH/c13-10-6-9(16(18)19)3-4-11(10)15-12(17)8-2-1-5-14-7-8;/h1-7H,(H,15,17);1H. The van der Waals surface area contributed by atoms with Gasteiger partial charge in [0.15, 0.2) is 5.82 Å². The van der Waals surface area contributed by atoms with Crippen LogP contribution in [0.15, 0.2) is 42.7 Å². The van der Waals surface area contributed by atoms with Gasteiger partial charge in [-0.15, -0.1) is 12.4 Å². The van der Waals surface area contributed by atoms with Crippen molar-refractivity contribution in [2.75, 3.05) is 5.32 Å². The van der Waals surface area contributed by atoms with Gasteiger partial charge in [-0.05, 0) is 18.2 Å². The van der Waals surface area contributed by atoms with Crippen molar-refractivity contribution in [3.05, 3.63) is 64.2 Å². The monoisotopic (exact) mass is 297 g/mol. The van der Waals surface area contributed by atoms with Crippen LogP contribution in [-0.4, -0.2) is 15.8 Å². The molecule has 0 fully saturated rings. The number of carbonyl (C=O) groups excluding carboxylic acids is 1. The molecule has 2 rings (SSSR count). The number of carbonyl (C=O) groups is 1. The highest BCUT2D eigenvalue weighted by atomic mass is 35.5. The number of non-ortho nitro benzene ring substituents is 1. The Kier molecular flexibility index (Phi) is 5.10. The Labute approximate surface area is 119 Å². The summed E-state index contributed by atoms with van der Waals surface area (Å²) in [6, 6.07) is 6.09. The Hall–Kier alpha value is -2.54. The Bertz CT molecular complexity index is 637. The summed E-state index contributed by atoms with van der Waals surface area (Å²) in [5, 5.41) is 12.8. The van der Waals surface area contributed by atoms with Gasteiger partial charge in [-0.2, -0.15) is 0 Å². The number of nitrogens with one attached hydrogen (secondary N) is 1. The van der Waals surface area contributed by atoms with Gasteiger partial charge in [0.05, 0.1) is 22.2 Å². The summed E-state index contributed by atoms with van der Waals surface area (Å²) in [4.78, 5) is 25.2. The third-order valence-electron chi connectivity index (χ3n) is 2.34. The summed E-state index contributed by atoms with van der Waals surface area (Å²) >= 11 is 0. The van der Waals surface area contributed by atoms with Crippen LogP contribution >= 0.6 is 12.4 Å². The number of benzene rings is 1. The lowest BCUT2D eigenvalue weighted by molar-refractivity contribution is -0.385. The van der Waals surface area contributed by atoms with Crippen molar-refractivity contribution in [1.29, 1.82) is 0 Å². The highest BCUT2D eigenvalue weighted by Gasteiger charge is 2.13. The van der Waals surface area contributed by atoms with Crippen LogP contribution < -0.4 is 5.32 Å². The molecule has 0 spiro atoms. The van der Waals surface area contributed by atoms with E-state index in [0.717, 1.165) is 18.2 Å². The van der Waals surface area contributed by atoms with Crippen LogP contribution in [0.5, 0.6) is 0 Å². The normalized spacial score (nSPS) is 9.45. The lowest BCUT2D eigenvalue weighted by Crippen LogP contribution is -2.13. The molecule has 0 atom stereocenters. The first kappa shape index (κ1) is 15.5. The minimum atomic E-state index is -0.869. The quantitative estimate of drug-likeness (QED) is 0.697. The van der Waals surface area contributed by atoms with E-state index in [1.165, 1.54) is 18.5 Å². The summed E-state index contributed by atoms with van der Waals surface area (Å²) in [6.45, 7) is 0. The zero-order chi connectivity index (χ0) is 13.8. The predicted octanol–water partition coefficient (Wildman–Crippen LogP) is 2.80. The zero-order valence-electron chi connectivity index (χ0n) is 9.95. The van der Waals surface area contributed by atoms with Crippen molar-refractivity contribution in [3.63, 3.8) is 0 Å². The van der Waals surface area contributed by atoms with Gasteiger partial charge in [0.25, 0.3) is 11.6 Å². The first-order valence-electron chi connectivity index (χ1n) is 5.23. The van der Waals surface area contributed by atoms with Gasteiger partial charge in [-0.3, -0.25) is 19.9 Å². The molecule has 1 N–H and O–H groups in total. The molecule has 0 saturated carbocycles. The highest BCUT2D eigenvalue weighted by Crippen LogP contribution is 2.20. The molecule has 0 bridgehead atoms. The van der Waals surface area contributed by atoms with Crippen molar-refractivity contribution < 1.29 is 14.1 Å². The average Bonchev–Trinajstić information content (AvgIpc) is 2.41. The van der Waals surface area contributed by atoms with Gasteiger partial charge in [-0.1, -0.05) is 0 Å². The summed E-state index contributed by atoms with van der Waals surface area (Å²) in [5.74, 6) is -1.41. The third-order valence-corrected chi connectivity index (χ3v) is 2.34. The van der Waals surface area contributed by atoms with Gasteiger partial charge < -0.3 is 5.32 Å². The molecule has 20 heavy (non-hydrogen) atoms. The summed E-state index contributed by atoms with van der Waals surface area (Å²) in [5.41, 5.74) is -0.239. The van der Waals surface area contributed by atoms with E-state index >= 15 is 0 Å². The molecule has 8 heteroatoms. The first-order chi connectivity index (χ1) is 9.08. The molecular weight excluding hydrogens is 289 g/mol. The number of halogens is 2. The smallest absolute Gasteiger partial charge is 0.272 e.